The molecule has 6 heteroatoms. The molecule has 0 aliphatic rings. The fraction of sp³-hybridized carbons (Fsp3) is 0.300. The number of hydrogen-bond acceptors (Lipinski definition) is 3. The van der Waals surface area contributed by atoms with Gasteiger partial charge >= 0.3 is 5.97 Å². The number of esters is 1. The van der Waals surface area contributed by atoms with Crippen molar-refractivity contribution in [2.45, 2.75) is 6.42 Å². The first-order valence-corrected chi connectivity index (χ1v) is 4.54. The van der Waals surface area contributed by atoms with Crippen molar-refractivity contribution in [1.29, 1.82) is 0 Å². The van der Waals surface area contributed by atoms with E-state index >= 15 is 0 Å². The van der Waals surface area contributed by atoms with E-state index in [-0.39, 0.29) is 24.3 Å². The number of carbonyl (C=O) groups is 1. The molecule has 0 aliphatic heterocycles. The van der Waals surface area contributed by atoms with Gasteiger partial charge in [0.25, 0.3) is 0 Å². The lowest BCUT2D eigenvalue weighted by Crippen LogP contribution is -2.10. The van der Waals surface area contributed by atoms with Crippen LogP contribution >= 0.6 is 0 Å². The van der Waals surface area contributed by atoms with Crippen LogP contribution in [0.1, 0.15) is 16.8 Å². The molecule has 0 aliphatic carbocycles. The highest BCUT2D eigenvalue weighted by Crippen LogP contribution is 2.17. The van der Waals surface area contributed by atoms with Crippen molar-refractivity contribution in [2.75, 3.05) is 19.0 Å². The van der Waals surface area contributed by atoms with E-state index in [0.717, 1.165) is 0 Å². The van der Waals surface area contributed by atoms with Gasteiger partial charge in [-0.2, -0.15) is 0 Å². The molecule has 1 aromatic carbocycles. The maximum atomic E-state index is 12.8. The lowest BCUT2D eigenvalue weighted by Gasteiger charge is -2.06. The third kappa shape index (κ3) is 2.88. The molecule has 0 heterocycles. The van der Waals surface area contributed by atoms with Gasteiger partial charge in [-0.25, -0.2) is 13.6 Å². The third-order valence-electron chi connectivity index (χ3n) is 1.82. The topological polar surface area (TPSA) is 52.3 Å². The molecule has 2 N–H and O–H groups in total. The van der Waals surface area contributed by atoms with E-state index in [0.29, 0.717) is 12.1 Å². The average molecular weight is 233 g/mol. The van der Waals surface area contributed by atoms with Gasteiger partial charge in [-0.15, -0.1) is 0 Å². The Morgan fingerprint density at radius 3 is 2.56 bits per heavy atom. The molecular formula is C10H10F3NO2. The van der Waals surface area contributed by atoms with Crippen LogP contribution in [0.25, 0.3) is 0 Å². The summed E-state index contributed by atoms with van der Waals surface area (Å²) in [6.07, 6.45) is 0.0509. The van der Waals surface area contributed by atoms with E-state index < -0.39 is 24.3 Å². The number of alkyl halides is 1. The normalized spacial score (nSPS) is 10.2. The number of anilines is 1. The second-order valence-corrected chi connectivity index (χ2v) is 3.03. The largest absolute Gasteiger partial charge is 0.462 e. The molecule has 0 atom stereocenters. The summed E-state index contributed by atoms with van der Waals surface area (Å²) in [4.78, 5) is 11.3. The van der Waals surface area contributed by atoms with Crippen LogP contribution in [0.15, 0.2) is 12.1 Å². The highest BCUT2D eigenvalue weighted by atomic mass is 19.2. The number of hydrogen-bond donors (Lipinski definition) is 1. The maximum absolute atomic E-state index is 12.8. The fourth-order valence-electron chi connectivity index (χ4n) is 1.04. The summed E-state index contributed by atoms with van der Waals surface area (Å²) >= 11 is 0. The highest BCUT2D eigenvalue weighted by Gasteiger charge is 2.15. The highest BCUT2D eigenvalue weighted by molar-refractivity contribution is 5.95. The van der Waals surface area contributed by atoms with Crippen LogP contribution in [-0.4, -0.2) is 19.3 Å². The zero-order valence-electron chi connectivity index (χ0n) is 8.30. The molecule has 88 valence electrons. The lowest BCUT2D eigenvalue weighted by molar-refractivity contribution is 0.0494. The van der Waals surface area contributed by atoms with Crippen LogP contribution in [0, 0.1) is 11.6 Å². The Morgan fingerprint density at radius 1 is 1.31 bits per heavy atom. The molecule has 0 bridgehead atoms. The molecular weight excluding hydrogens is 223 g/mol. The first kappa shape index (κ1) is 12.4. The van der Waals surface area contributed by atoms with Crippen LogP contribution in [0.3, 0.4) is 0 Å². The monoisotopic (exact) mass is 233 g/mol. The van der Waals surface area contributed by atoms with Gasteiger partial charge in [0, 0.05) is 18.2 Å². The fourth-order valence-corrected chi connectivity index (χ4v) is 1.04. The summed E-state index contributed by atoms with van der Waals surface area (Å²) in [6, 6.07) is 1.35. The molecule has 1 rings (SSSR count). The van der Waals surface area contributed by atoms with Crippen molar-refractivity contribution in [3.63, 3.8) is 0 Å². The first-order chi connectivity index (χ1) is 7.56. The molecule has 0 saturated carbocycles. The number of ether oxygens (including phenoxy) is 1. The second-order valence-electron chi connectivity index (χ2n) is 3.03. The smallest absolute Gasteiger partial charge is 0.340 e. The predicted molar refractivity (Wildman–Crippen MR) is 51.6 cm³/mol. The van der Waals surface area contributed by atoms with E-state index in [1.165, 1.54) is 0 Å². The Kier molecular flexibility index (Phi) is 4.16. The van der Waals surface area contributed by atoms with Crippen LogP contribution in [0.5, 0.6) is 0 Å². The van der Waals surface area contributed by atoms with E-state index in [4.69, 9.17) is 5.73 Å². The summed E-state index contributed by atoms with van der Waals surface area (Å²) < 4.78 is 41.8. The third-order valence-corrected chi connectivity index (χ3v) is 1.82. The number of nitrogens with two attached hydrogens (primary N) is 1. The zero-order valence-corrected chi connectivity index (χ0v) is 8.30. The zero-order chi connectivity index (χ0) is 12.1. The summed E-state index contributed by atoms with van der Waals surface area (Å²) in [5.74, 6) is -3.23. The van der Waals surface area contributed by atoms with Crippen LogP contribution in [-0.2, 0) is 4.74 Å². The molecule has 0 aromatic heterocycles. The Balaban J connectivity index is 2.79. The molecule has 0 saturated heterocycles. The van der Waals surface area contributed by atoms with Gasteiger partial charge in [0.2, 0.25) is 0 Å². The van der Waals surface area contributed by atoms with E-state index in [2.05, 4.69) is 4.74 Å². The summed E-state index contributed by atoms with van der Waals surface area (Å²) in [6.45, 7) is -0.756. The number of carbonyl (C=O) groups excluding carboxylic acids is 1. The minimum Gasteiger partial charge on any atom is -0.462 e. The molecule has 0 fully saturated rings. The SMILES string of the molecule is Nc1cc(F)c(F)cc1C(=O)OCCCF. The van der Waals surface area contributed by atoms with Gasteiger partial charge in [-0.3, -0.25) is 4.39 Å². The van der Waals surface area contributed by atoms with E-state index in [1.807, 2.05) is 0 Å². The Hall–Kier alpha value is -1.72. The van der Waals surface area contributed by atoms with Gasteiger partial charge in [-0.1, -0.05) is 0 Å². The average Bonchev–Trinajstić information content (AvgIpc) is 2.23. The molecule has 3 nitrogen and oxygen atoms in total. The van der Waals surface area contributed by atoms with Crippen LogP contribution < -0.4 is 5.73 Å². The molecule has 0 amide bonds. The van der Waals surface area contributed by atoms with Crippen LogP contribution in [0.2, 0.25) is 0 Å². The number of halogens is 3. The minimum atomic E-state index is -1.19. The number of rotatable bonds is 4. The molecule has 0 radical (unpaired) electrons. The van der Waals surface area contributed by atoms with Crippen molar-refractivity contribution in [3.8, 4) is 0 Å². The van der Waals surface area contributed by atoms with Crippen LogP contribution in [0.4, 0.5) is 18.9 Å². The Morgan fingerprint density at radius 2 is 1.94 bits per heavy atom. The molecule has 0 spiro atoms. The van der Waals surface area contributed by atoms with Gasteiger partial charge in [0.05, 0.1) is 18.8 Å². The Labute approximate surface area is 90.0 Å². The summed E-state index contributed by atoms with van der Waals surface area (Å²) in [5.41, 5.74) is 4.83. The van der Waals surface area contributed by atoms with Crippen molar-refractivity contribution in [2.24, 2.45) is 0 Å². The summed E-state index contributed by atoms with van der Waals surface area (Å²) in [7, 11) is 0. The minimum absolute atomic E-state index is 0.0509. The quantitative estimate of drug-likeness (QED) is 0.492. The van der Waals surface area contributed by atoms with E-state index in [1.54, 1.807) is 0 Å². The second kappa shape index (κ2) is 5.39. The van der Waals surface area contributed by atoms with E-state index in [9.17, 15) is 18.0 Å². The number of benzene rings is 1. The number of nitrogen functional groups attached to an aromatic ring is 1. The van der Waals surface area contributed by atoms with Gasteiger partial charge in [0.15, 0.2) is 11.6 Å². The van der Waals surface area contributed by atoms with Crippen molar-refractivity contribution in [1.82, 2.24) is 0 Å². The van der Waals surface area contributed by atoms with Crippen molar-refractivity contribution >= 4 is 11.7 Å². The molecule has 1 aromatic rings. The van der Waals surface area contributed by atoms with Gasteiger partial charge in [0.1, 0.15) is 0 Å². The maximum Gasteiger partial charge on any atom is 0.340 e. The molecule has 0 unspecified atom stereocenters. The van der Waals surface area contributed by atoms with Gasteiger partial charge in [-0.05, 0) is 6.07 Å². The standard InChI is InChI=1S/C10H10F3NO2/c11-2-1-3-16-10(15)6-4-7(12)8(13)5-9(6)14/h4-5H,1-3,14H2. The first-order valence-electron chi connectivity index (χ1n) is 4.54. The molecule has 16 heavy (non-hydrogen) atoms. The van der Waals surface area contributed by atoms with Crippen molar-refractivity contribution < 1.29 is 22.7 Å². The van der Waals surface area contributed by atoms with Crippen molar-refractivity contribution in [3.05, 3.63) is 29.3 Å². The lowest BCUT2D eigenvalue weighted by atomic mass is 10.1. The summed E-state index contributed by atoms with van der Waals surface area (Å²) in [5, 5.41) is 0. The Bertz CT molecular complexity index is 396. The van der Waals surface area contributed by atoms with Gasteiger partial charge < -0.3 is 10.5 Å². The predicted octanol–water partition coefficient (Wildman–Crippen LogP) is 2.06.